The number of aryl methyl sites for hydroxylation is 2. The molecule has 1 unspecified atom stereocenters. The predicted octanol–water partition coefficient (Wildman–Crippen LogP) is 7.92. The third-order valence-corrected chi connectivity index (χ3v) is 6.35. The standard InChI is InChI=1S/C30H28F3NO2/c1-20-5-3-4-6-28(20)29(34-25-13-11-24(12-14-25)30(31,32)33)19-26(35)15-8-21-7-9-23-18-27(36-2)16-10-22(23)17-21/h3-7,9-14,16-18,29,34H,8,15,19H2,1-2H3. The molecule has 0 aliphatic carbocycles. The lowest BCUT2D eigenvalue weighted by molar-refractivity contribution is -0.137. The molecule has 186 valence electrons. The molecule has 4 rings (SSSR count). The normalized spacial score (nSPS) is 12.4. The lowest BCUT2D eigenvalue weighted by Crippen LogP contribution is -2.17. The molecule has 0 bridgehead atoms. The fraction of sp³-hybridized carbons (Fsp3) is 0.233. The van der Waals surface area contributed by atoms with Gasteiger partial charge in [0, 0.05) is 18.5 Å². The average molecular weight is 492 g/mol. The van der Waals surface area contributed by atoms with Gasteiger partial charge in [-0.25, -0.2) is 0 Å². The highest BCUT2D eigenvalue weighted by Crippen LogP contribution is 2.32. The first-order chi connectivity index (χ1) is 17.2. The van der Waals surface area contributed by atoms with Gasteiger partial charge in [0.25, 0.3) is 0 Å². The van der Waals surface area contributed by atoms with Gasteiger partial charge in [0.15, 0.2) is 0 Å². The predicted molar refractivity (Wildman–Crippen MR) is 137 cm³/mol. The number of methoxy groups -OCH3 is 1. The summed E-state index contributed by atoms with van der Waals surface area (Å²) in [5.74, 6) is 0.880. The Hall–Kier alpha value is -3.80. The van der Waals surface area contributed by atoms with Crippen molar-refractivity contribution in [2.24, 2.45) is 0 Å². The van der Waals surface area contributed by atoms with Crippen LogP contribution in [0.15, 0.2) is 84.9 Å². The highest BCUT2D eigenvalue weighted by Gasteiger charge is 2.30. The number of nitrogens with one attached hydrogen (secondary N) is 1. The molecule has 0 aliphatic rings. The van der Waals surface area contributed by atoms with Crippen molar-refractivity contribution in [2.75, 3.05) is 12.4 Å². The number of anilines is 1. The van der Waals surface area contributed by atoms with Crippen molar-refractivity contribution in [3.63, 3.8) is 0 Å². The molecule has 36 heavy (non-hydrogen) atoms. The number of halogens is 3. The van der Waals surface area contributed by atoms with Crippen LogP contribution in [-0.2, 0) is 17.4 Å². The van der Waals surface area contributed by atoms with E-state index in [0.29, 0.717) is 18.5 Å². The lowest BCUT2D eigenvalue weighted by atomic mass is 9.94. The first-order valence-electron chi connectivity index (χ1n) is 11.8. The zero-order chi connectivity index (χ0) is 25.7. The van der Waals surface area contributed by atoms with Gasteiger partial charge in [-0.05, 0) is 77.2 Å². The summed E-state index contributed by atoms with van der Waals surface area (Å²) < 4.78 is 44.1. The van der Waals surface area contributed by atoms with E-state index in [4.69, 9.17) is 4.74 Å². The van der Waals surface area contributed by atoms with Crippen molar-refractivity contribution in [1.29, 1.82) is 0 Å². The van der Waals surface area contributed by atoms with Gasteiger partial charge in [0.2, 0.25) is 0 Å². The summed E-state index contributed by atoms with van der Waals surface area (Å²) in [5.41, 5.74) is 2.87. The maximum atomic E-state index is 13.0. The number of ketones is 1. The van der Waals surface area contributed by atoms with E-state index in [0.717, 1.165) is 45.3 Å². The summed E-state index contributed by atoms with van der Waals surface area (Å²) in [6.45, 7) is 1.96. The SMILES string of the molecule is COc1ccc2cc(CCC(=O)CC(Nc3ccc(C(F)(F)F)cc3)c3ccccc3C)ccc2c1. The van der Waals surface area contributed by atoms with Gasteiger partial charge in [0.1, 0.15) is 11.5 Å². The third-order valence-electron chi connectivity index (χ3n) is 6.35. The molecule has 0 saturated carbocycles. The number of fused-ring (bicyclic) bond motifs is 1. The van der Waals surface area contributed by atoms with E-state index in [1.54, 1.807) is 7.11 Å². The van der Waals surface area contributed by atoms with E-state index < -0.39 is 11.7 Å². The molecule has 3 nitrogen and oxygen atoms in total. The van der Waals surface area contributed by atoms with Crippen LogP contribution in [-0.4, -0.2) is 12.9 Å². The monoisotopic (exact) mass is 491 g/mol. The van der Waals surface area contributed by atoms with E-state index in [2.05, 4.69) is 11.4 Å². The highest BCUT2D eigenvalue weighted by molar-refractivity contribution is 5.85. The van der Waals surface area contributed by atoms with Crippen LogP contribution in [0.4, 0.5) is 18.9 Å². The number of carbonyl (C=O) groups is 1. The first kappa shape index (κ1) is 25.3. The van der Waals surface area contributed by atoms with E-state index in [1.807, 2.05) is 61.5 Å². The van der Waals surface area contributed by atoms with Gasteiger partial charge >= 0.3 is 6.18 Å². The maximum absolute atomic E-state index is 13.0. The Morgan fingerprint density at radius 1 is 0.917 bits per heavy atom. The molecule has 1 N–H and O–H groups in total. The molecule has 6 heteroatoms. The zero-order valence-corrected chi connectivity index (χ0v) is 20.2. The summed E-state index contributed by atoms with van der Waals surface area (Å²) >= 11 is 0. The lowest BCUT2D eigenvalue weighted by Gasteiger charge is -2.22. The number of benzene rings is 4. The van der Waals surface area contributed by atoms with Crippen LogP contribution in [0.1, 0.15) is 41.1 Å². The quantitative estimate of drug-likeness (QED) is 0.258. The van der Waals surface area contributed by atoms with Crippen LogP contribution >= 0.6 is 0 Å². The minimum atomic E-state index is -4.39. The largest absolute Gasteiger partial charge is 0.497 e. The second-order valence-electron chi connectivity index (χ2n) is 8.92. The summed E-state index contributed by atoms with van der Waals surface area (Å²) in [5, 5.41) is 5.44. The number of carbonyl (C=O) groups excluding carboxylic acids is 1. The fourth-order valence-corrected chi connectivity index (χ4v) is 4.34. The van der Waals surface area contributed by atoms with Crippen LogP contribution in [0.5, 0.6) is 5.75 Å². The Kier molecular flexibility index (Phi) is 7.63. The van der Waals surface area contributed by atoms with Crippen molar-refractivity contribution in [3.8, 4) is 5.75 Å². The van der Waals surface area contributed by atoms with Gasteiger partial charge in [-0.2, -0.15) is 13.2 Å². The van der Waals surface area contributed by atoms with Crippen LogP contribution in [0.3, 0.4) is 0 Å². The van der Waals surface area contributed by atoms with Gasteiger partial charge in [-0.15, -0.1) is 0 Å². The van der Waals surface area contributed by atoms with Crippen molar-refractivity contribution in [1.82, 2.24) is 0 Å². The molecule has 0 amide bonds. The van der Waals surface area contributed by atoms with Crippen molar-refractivity contribution < 1.29 is 22.7 Å². The van der Waals surface area contributed by atoms with Crippen molar-refractivity contribution in [2.45, 2.75) is 38.4 Å². The Morgan fingerprint density at radius 3 is 2.31 bits per heavy atom. The van der Waals surface area contributed by atoms with Crippen LogP contribution in [0, 0.1) is 6.92 Å². The van der Waals surface area contributed by atoms with Gasteiger partial charge in [0.05, 0.1) is 18.7 Å². The molecule has 0 saturated heterocycles. The molecule has 0 spiro atoms. The van der Waals surface area contributed by atoms with E-state index >= 15 is 0 Å². The number of Topliss-reactive ketones (excluding diaryl/α,β-unsaturated/α-hetero) is 1. The maximum Gasteiger partial charge on any atom is 0.416 e. The first-order valence-corrected chi connectivity index (χ1v) is 11.8. The smallest absolute Gasteiger partial charge is 0.416 e. The average Bonchev–Trinajstić information content (AvgIpc) is 2.86. The van der Waals surface area contributed by atoms with Crippen molar-refractivity contribution in [3.05, 3.63) is 107 Å². The molecule has 0 fully saturated rings. The number of ether oxygens (including phenoxy) is 1. The number of alkyl halides is 3. The minimum Gasteiger partial charge on any atom is -0.497 e. The van der Waals surface area contributed by atoms with Gasteiger partial charge < -0.3 is 10.1 Å². The molecule has 4 aromatic carbocycles. The molecule has 0 heterocycles. The third kappa shape index (κ3) is 6.25. The molecule has 0 aliphatic heterocycles. The molecule has 1 atom stereocenters. The number of rotatable bonds is 9. The number of hydrogen-bond donors (Lipinski definition) is 1. The Labute approximate surface area is 208 Å². The second kappa shape index (κ2) is 10.9. The van der Waals surface area contributed by atoms with E-state index in [9.17, 15) is 18.0 Å². The van der Waals surface area contributed by atoms with Gasteiger partial charge in [-0.3, -0.25) is 4.79 Å². The zero-order valence-electron chi connectivity index (χ0n) is 20.2. The fourth-order valence-electron chi connectivity index (χ4n) is 4.34. The van der Waals surface area contributed by atoms with E-state index in [-0.39, 0.29) is 18.2 Å². The Bertz CT molecular complexity index is 1350. The van der Waals surface area contributed by atoms with Gasteiger partial charge in [-0.1, -0.05) is 48.5 Å². The number of hydrogen-bond acceptors (Lipinski definition) is 3. The van der Waals surface area contributed by atoms with Crippen LogP contribution in [0.25, 0.3) is 10.8 Å². The van der Waals surface area contributed by atoms with E-state index in [1.165, 1.54) is 12.1 Å². The van der Waals surface area contributed by atoms with Crippen LogP contribution < -0.4 is 10.1 Å². The summed E-state index contributed by atoms with van der Waals surface area (Å²) in [7, 11) is 1.64. The molecule has 0 radical (unpaired) electrons. The summed E-state index contributed by atoms with van der Waals surface area (Å²) in [4.78, 5) is 13.0. The summed E-state index contributed by atoms with van der Waals surface area (Å²) in [6, 6.07) is 24.3. The molecule has 4 aromatic rings. The molecule has 0 aromatic heterocycles. The van der Waals surface area contributed by atoms with Crippen LogP contribution in [0.2, 0.25) is 0 Å². The topological polar surface area (TPSA) is 38.3 Å². The minimum absolute atomic E-state index is 0.0810. The summed E-state index contributed by atoms with van der Waals surface area (Å²) in [6.07, 6.45) is -3.17. The second-order valence-corrected chi connectivity index (χ2v) is 8.92. The molecular formula is C30H28F3NO2. The Balaban J connectivity index is 1.46. The van der Waals surface area contributed by atoms with Crippen molar-refractivity contribution >= 4 is 22.2 Å². The highest BCUT2D eigenvalue weighted by atomic mass is 19.4. The Morgan fingerprint density at radius 2 is 1.61 bits per heavy atom. The molecular weight excluding hydrogens is 463 g/mol.